The zero-order chi connectivity index (χ0) is 15.7. The minimum atomic E-state index is 0.111. The third-order valence-corrected chi connectivity index (χ3v) is 4.56. The van der Waals surface area contributed by atoms with Crippen molar-refractivity contribution in [3.05, 3.63) is 52.0 Å². The summed E-state index contributed by atoms with van der Waals surface area (Å²) in [6, 6.07) is 11.1. The van der Waals surface area contributed by atoms with Crippen LogP contribution in [0.15, 0.2) is 36.4 Å². The van der Waals surface area contributed by atoms with Gasteiger partial charge in [-0.25, -0.2) is 4.98 Å². The number of thiazole rings is 1. The molecule has 1 N–H and O–H groups in total. The molecule has 0 unspecified atom stereocenters. The van der Waals surface area contributed by atoms with Gasteiger partial charge in [0, 0.05) is 11.4 Å². The number of rotatable bonds is 4. The van der Waals surface area contributed by atoms with Crippen LogP contribution in [-0.4, -0.2) is 10.8 Å². The maximum Gasteiger partial charge on any atom is 0.188 e. The van der Waals surface area contributed by atoms with Crippen LogP contribution in [0.1, 0.15) is 12.5 Å². The molecule has 0 radical (unpaired) electrons. The predicted molar refractivity (Wildman–Crippen MR) is 93.7 cm³/mol. The molecule has 0 amide bonds. The van der Waals surface area contributed by atoms with Crippen LogP contribution in [-0.2, 0) is 11.2 Å². The number of aromatic nitrogens is 1. The Balaban J connectivity index is 1.86. The molecule has 0 saturated carbocycles. The van der Waals surface area contributed by atoms with Gasteiger partial charge in [0.2, 0.25) is 0 Å². The van der Waals surface area contributed by atoms with Crippen molar-refractivity contribution in [1.82, 2.24) is 4.98 Å². The number of carbonyl (C=O) groups excluding carboxylic acids is 1. The van der Waals surface area contributed by atoms with E-state index in [1.807, 2.05) is 30.3 Å². The van der Waals surface area contributed by atoms with Crippen molar-refractivity contribution < 1.29 is 4.79 Å². The molecule has 3 nitrogen and oxygen atoms in total. The Hall–Kier alpha value is -1.62. The topological polar surface area (TPSA) is 42.0 Å². The standard InChI is InChI=1S/C16H12Cl2N2OS/c1-9(21)6-10-2-4-13(12(18)7-10)19-16-20-14-5-3-11(17)8-15(14)22-16/h2-5,7-8H,6H2,1H3,(H,19,20). The van der Waals surface area contributed by atoms with Crippen molar-refractivity contribution in [2.45, 2.75) is 13.3 Å². The molecule has 0 bridgehead atoms. The maximum atomic E-state index is 11.1. The molecule has 0 spiro atoms. The second kappa shape index (κ2) is 6.24. The Kier molecular flexibility index (Phi) is 4.34. The lowest BCUT2D eigenvalue weighted by Crippen LogP contribution is -1.97. The van der Waals surface area contributed by atoms with Crippen LogP contribution in [0.3, 0.4) is 0 Å². The van der Waals surface area contributed by atoms with Crippen LogP contribution in [0.2, 0.25) is 10.0 Å². The van der Waals surface area contributed by atoms with Crippen molar-refractivity contribution in [1.29, 1.82) is 0 Å². The van der Waals surface area contributed by atoms with Gasteiger partial charge in [-0.3, -0.25) is 4.79 Å². The van der Waals surface area contributed by atoms with Gasteiger partial charge in [0.05, 0.1) is 20.9 Å². The zero-order valence-electron chi connectivity index (χ0n) is 11.7. The summed E-state index contributed by atoms with van der Waals surface area (Å²) in [4.78, 5) is 15.6. The molecule has 0 aliphatic heterocycles. The molecule has 112 valence electrons. The zero-order valence-corrected chi connectivity index (χ0v) is 14.0. The summed E-state index contributed by atoms with van der Waals surface area (Å²) in [6.07, 6.45) is 0.389. The van der Waals surface area contributed by atoms with E-state index in [0.717, 1.165) is 26.6 Å². The van der Waals surface area contributed by atoms with Crippen molar-refractivity contribution in [3.8, 4) is 0 Å². The molecule has 3 rings (SSSR count). The SMILES string of the molecule is CC(=O)Cc1ccc(Nc2nc3ccc(Cl)cc3s2)c(Cl)c1. The normalized spacial score (nSPS) is 10.9. The van der Waals surface area contributed by atoms with Crippen LogP contribution in [0, 0.1) is 0 Å². The van der Waals surface area contributed by atoms with E-state index >= 15 is 0 Å². The third-order valence-electron chi connectivity index (χ3n) is 3.08. The molecule has 6 heteroatoms. The number of Topliss-reactive ketones (excluding diaryl/α,β-unsaturated/α-hetero) is 1. The number of ketones is 1. The summed E-state index contributed by atoms with van der Waals surface area (Å²) in [7, 11) is 0. The van der Waals surface area contributed by atoms with Crippen molar-refractivity contribution >= 4 is 61.4 Å². The van der Waals surface area contributed by atoms with Crippen LogP contribution < -0.4 is 5.32 Å². The predicted octanol–water partition coefficient (Wildman–Crippen LogP) is 5.48. The molecular formula is C16H12Cl2N2OS. The highest BCUT2D eigenvalue weighted by Crippen LogP contribution is 2.32. The monoisotopic (exact) mass is 350 g/mol. The number of benzene rings is 2. The summed E-state index contributed by atoms with van der Waals surface area (Å²) in [5, 5.41) is 5.21. The summed E-state index contributed by atoms with van der Waals surface area (Å²) in [5.74, 6) is 0.111. The van der Waals surface area contributed by atoms with Crippen LogP contribution in [0.4, 0.5) is 10.8 Å². The highest BCUT2D eigenvalue weighted by molar-refractivity contribution is 7.22. The lowest BCUT2D eigenvalue weighted by Gasteiger charge is -2.07. The number of fused-ring (bicyclic) bond motifs is 1. The van der Waals surface area contributed by atoms with E-state index in [1.54, 1.807) is 13.0 Å². The van der Waals surface area contributed by atoms with Gasteiger partial charge in [0.1, 0.15) is 5.78 Å². The first-order chi connectivity index (χ1) is 10.5. The van der Waals surface area contributed by atoms with E-state index in [1.165, 1.54) is 11.3 Å². The molecule has 0 saturated heterocycles. The van der Waals surface area contributed by atoms with Gasteiger partial charge in [-0.2, -0.15) is 0 Å². The summed E-state index contributed by atoms with van der Waals surface area (Å²) < 4.78 is 1.01. The molecule has 3 aromatic rings. The number of halogens is 2. The third kappa shape index (κ3) is 3.40. The number of hydrogen-bond acceptors (Lipinski definition) is 4. The fourth-order valence-electron chi connectivity index (χ4n) is 2.12. The van der Waals surface area contributed by atoms with Crippen LogP contribution in [0.5, 0.6) is 0 Å². The molecule has 22 heavy (non-hydrogen) atoms. The number of nitrogens with zero attached hydrogens (tertiary/aromatic N) is 1. The van der Waals surface area contributed by atoms with Crippen LogP contribution >= 0.6 is 34.5 Å². The number of carbonyl (C=O) groups is 1. The molecule has 1 aromatic heterocycles. The molecule has 0 fully saturated rings. The first-order valence-electron chi connectivity index (χ1n) is 6.62. The molecule has 1 heterocycles. The van der Waals surface area contributed by atoms with Gasteiger partial charge < -0.3 is 5.32 Å². The summed E-state index contributed by atoms with van der Waals surface area (Å²) in [5.41, 5.74) is 2.56. The lowest BCUT2D eigenvalue weighted by molar-refractivity contribution is -0.116. The Labute approximate surface area is 141 Å². The number of nitrogens with one attached hydrogen (secondary N) is 1. The van der Waals surface area contributed by atoms with Crippen molar-refractivity contribution in [3.63, 3.8) is 0 Å². The van der Waals surface area contributed by atoms with Gasteiger partial charge in [-0.1, -0.05) is 40.6 Å². The van der Waals surface area contributed by atoms with Crippen molar-refractivity contribution in [2.24, 2.45) is 0 Å². The van der Waals surface area contributed by atoms with Gasteiger partial charge in [0.25, 0.3) is 0 Å². The first kappa shape index (κ1) is 15.3. The van der Waals surface area contributed by atoms with Crippen LogP contribution in [0.25, 0.3) is 10.2 Å². The number of anilines is 2. The average molecular weight is 351 g/mol. The Morgan fingerprint density at radius 1 is 1.23 bits per heavy atom. The number of hydrogen-bond donors (Lipinski definition) is 1. The smallest absolute Gasteiger partial charge is 0.188 e. The van der Waals surface area contributed by atoms with Crippen molar-refractivity contribution in [2.75, 3.05) is 5.32 Å². The fourth-order valence-corrected chi connectivity index (χ4v) is 3.53. The second-order valence-corrected chi connectivity index (χ2v) is 6.82. The second-order valence-electron chi connectivity index (χ2n) is 4.95. The largest absolute Gasteiger partial charge is 0.330 e. The maximum absolute atomic E-state index is 11.1. The van der Waals surface area contributed by atoms with E-state index in [2.05, 4.69) is 10.3 Å². The average Bonchev–Trinajstić information content (AvgIpc) is 2.82. The molecular weight excluding hydrogens is 339 g/mol. The molecule has 2 aromatic carbocycles. The minimum absolute atomic E-state index is 0.111. The summed E-state index contributed by atoms with van der Waals surface area (Å²) >= 11 is 13.8. The highest BCUT2D eigenvalue weighted by atomic mass is 35.5. The molecule has 0 aliphatic carbocycles. The lowest BCUT2D eigenvalue weighted by atomic mass is 10.1. The molecule has 0 atom stereocenters. The van der Waals surface area contributed by atoms with E-state index in [4.69, 9.17) is 23.2 Å². The first-order valence-corrected chi connectivity index (χ1v) is 8.19. The Bertz CT molecular complexity index is 860. The van der Waals surface area contributed by atoms with E-state index < -0.39 is 0 Å². The Morgan fingerprint density at radius 2 is 2.05 bits per heavy atom. The Morgan fingerprint density at radius 3 is 2.77 bits per heavy atom. The van der Waals surface area contributed by atoms with E-state index in [9.17, 15) is 4.79 Å². The van der Waals surface area contributed by atoms with E-state index in [0.29, 0.717) is 16.5 Å². The minimum Gasteiger partial charge on any atom is -0.330 e. The molecule has 0 aliphatic rings. The van der Waals surface area contributed by atoms with Gasteiger partial charge in [-0.05, 0) is 42.8 Å². The van der Waals surface area contributed by atoms with Gasteiger partial charge >= 0.3 is 0 Å². The van der Waals surface area contributed by atoms with Gasteiger partial charge in [0.15, 0.2) is 5.13 Å². The van der Waals surface area contributed by atoms with E-state index in [-0.39, 0.29) is 5.78 Å². The van der Waals surface area contributed by atoms with Gasteiger partial charge in [-0.15, -0.1) is 0 Å². The fraction of sp³-hybridized carbons (Fsp3) is 0.125. The quantitative estimate of drug-likeness (QED) is 0.677. The summed E-state index contributed by atoms with van der Waals surface area (Å²) in [6.45, 7) is 1.56. The highest BCUT2D eigenvalue weighted by Gasteiger charge is 2.08.